The molecule has 2 fully saturated rings. The van der Waals surface area contributed by atoms with Crippen LogP contribution in [-0.2, 0) is 4.79 Å². The third-order valence-corrected chi connectivity index (χ3v) is 6.01. The first-order valence-electron chi connectivity index (χ1n) is 8.92. The molecule has 23 heavy (non-hydrogen) atoms. The molecule has 2 aliphatic heterocycles. The highest BCUT2D eigenvalue weighted by Crippen LogP contribution is 2.32. The van der Waals surface area contributed by atoms with Gasteiger partial charge in [0.25, 0.3) is 0 Å². The van der Waals surface area contributed by atoms with Crippen molar-refractivity contribution in [2.45, 2.75) is 69.0 Å². The van der Waals surface area contributed by atoms with Crippen LogP contribution in [0.15, 0.2) is 29.2 Å². The molecule has 1 amide bonds. The molecule has 1 unspecified atom stereocenters. The van der Waals surface area contributed by atoms with Crippen LogP contribution in [0.4, 0.5) is 0 Å². The quantitative estimate of drug-likeness (QED) is 0.776. The molecule has 2 bridgehead atoms. The highest BCUT2D eigenvalue weighted by atomic mass is 32.2. The molecule has 1 aromatic rings. The average molecular weight is 333 g/mol. The number of nitrogens with one attached hydrogen (secondary N) is 2. The third-order valence-electron chi connectivity index (χ3n) is 5.11. The van der Waals surface area contributed by atoms with E-state index in [1.54, 1.807) is 0 Å². The van der Waals surface area contributed by atoms with Gasteiger partial charge < -0.3 is 10.6 Å². The van der Waals surface area contributed by atoms with Gasteiger partial charge in [0.1, 0.15) is 0 Å². The number of rotatable bonds is 6. The van der Waals surface area contributed by atoms with Crippen molar-refractivity contribution >= 4 is 17.7 Å². The predicted octanol–water partition coefficient (Wildman–Crippen LogP) is 3.90. The van der Waals surface area contributed by atoms with Crippen molar-refractivity contribution < 1.29 is 4.79 Å². The highest BCUT2D eigenvalue weighted by molar-refractivity contribution is 7.99. The van der Waals surface area contributed by atoms with Crippen molar-refractivity contribution in [1.29, 1.82) is 0 Å². The summed E-state index contributed by atoms with van der Waals surface area (Å²) in [5.41, 5.74) is 1.18. The van der Waals surface area contributed by atoms with Gasteiger partial charge in [0.05, 0.1) is 6.04 Å². The Balaban J connectivity index is 1.48. The van der Waals surface area contributed by atoms with Crippen LogP contribution >= 0.6 is 11.8 Å². The fourth-order valence-corrected chi connectivity index (χ4v) is 4.67. The molecule has 2 saturated heterocycles. The van der Waals surface area contributed by atoms with Crippen molar-refractivity contribution in [2.75, 3.05) is 5.75 Å². The maximum absolute atomic E-state index is 12.4. The zero-order valence-corrected chi connectivity index (χ0v) is 15.0. The number of hydrogen-bond acceptors (Lipinski definition) is 3. The Morgan fingerprint density at radius 2 is 1.91 bits per heavy atom. The van der Waals surface area contributed by atoms with Crippen molar-refractivity contribution in [2.24, 2.45) is 5.92 Å². The van der Waals surface area contributed by atoms with Crippen molar-refractivity contribution in [3.8, 4) is 0 Å². The largest absolute Gasteiger partial charge is 0.350 e. The van der Waals surface area contributed by atoms with E-state index in [0.29, 0.717) is 24.4 Å². The van der Waals surface area contributed by atoms with Crippen LogP contribution in [0.25, 0.3) is 0 Å². The molecular weight excluding hydrogens is 304 g/mol. The Morgan fingerprint density at radius 1 is 1.26 bits per heavy atom. The van der Waals surface area contributed by atoms with E-state index in [1.165, 1.54) is 36.1 Å². The molecule has 4 atom stereocenters. The van der Waals surface area contributed by atoms with Crippen molar-refractivity contribution in [3.05, 3.63) is 29.8 Å². The summed E-state index contributed by atoms with van der Waals surface area (Å²) >= 11 is 1.85. The van der Waals surface area contributed by atoms with E-state index in [4.69, 9.17) is 0 Å². The van der Waals surface area contributed by atoms with Crippen LogP contribution in [0, 0.1) is 5.92 Å². The molecule has 1 aromatic carbocycles. The van der Waals surface area contributed by atoms with Gasteiger partial charge in [-0.05, 0) is 62.0 Å². The summed E-state index contributed by atoms with van der Waals surface area (Å²) in [4.78, 5) is 13.7. The number of benzene rings is 1. The zero-order chi connectivity index (χ0) is 16.2. The number of carbonyl (C=O) groups excluding carboxylic acids is 1. The number of hydrogen-bond donors (Lipinski definition) is 2. The standard InChI is InChI=1S/C19H28N2OS/c1-3-23-18-8-4-15(5-9-18)13(2)20-19(22)12-14-10-16-6-7-17(11-14)21-16/h4-5,8-9,13-14,16-17,21H,3,6-7,10-12H2,1-2H3,(H,20,22)/t13-,14?,16-,17+/m0/s1. The Hall–Kier alpha value is -1.00. The van der Waals surface area contributed by atoms with E-state index in [0.717, 1.165) is 5.75 Å². The molecule has 0 spiro atoms. The Kier molecular flexibility index (Phi) is 5.65. The lowest BCUT2D eigenvalue weighted by atomic mass is 9.89. The van der Waals surface area contributed by atoms with E-state index in [1.807, 2.05) is 11.8 Å². The monoisotopic (exact) mass is 332 g/mol. The molecule has 0 aromatic heterocycles. The molecule has 2 aliphatic rings. The van der Waals surface area contributed by atoms with E-state index < -0.39 is 0 Å². The van der Waals surface area contributed by atoms with Gasteiger partial charge >= 0.3 is 0 Å². The van der Waals surface area contributed by atoms with Gasteiger partial charge in [-0.25, -0.2) is 0 Å². The molecule has 126 valence electrons. The number of amides is 1. The first-order valence-corrected chi connectivity index (χ1v) is 9.90. The highest BCUT2D eigenvalue weighted by Gasteiger charge is 2.34. The molecule has 3 nitrogen and oxygen atoms in total. The molecule has 2 heterocycles. The molecule has 0 radical (unpaired) electrons. The number of fused-ring (bicyclic) bond motifs is 2. The third kappa shape index (κ3) is 4.51. The summed E-state index contributed by atoms with van der Waals surface area (Å²) in [5.74, 6) is 1.85. The molecular formula is C19H28N2OS. The second-order valence-electron chi connectivity index (χ2n) is 6.97. The summed E-state index contributed by atoms with van der Waals surface area (Å²) in [6.07, 6.45) is 5.61. The van der Waals surface area contributed by atoms with Crippen LogP contribution in [0.5, 0.6) is 0 Å². The minimum absolute atomic E-state index is 0.0848. The van der Waals surface area contributed by atoms with Gasteiger partial charge in [0, 0.05) is 23.4 Å². The van der Waals surface area contributed by atoms with Gasteiger partial charge in [0.15, 0.2) is 0 Å². The maximum Gasteiger partial charge on any atom is 0.220 e. The molecule has 3 rings (SSSR count). The first-order chi connectivity index (χ1) is 11.1. The van der Waals surface area contributed by atoms with Crippen LogP contribution in [0.2, 0.25) is 0 Å². The molecule has 2 N–H and O–H groups in total. The maximum atomic E-state index is 12.4. The van der Waals surface area contributed by atoms with Crippen LogP contribution < -0.4 is 10.6 Å². The fourth-order valence-electron chi connectivity index (χ4n) is 4.01. The molecule has 0 saturated carbocycles. The smallest absolute Gasteiger partial charge is 0.220 e. The number of piperidine rings is 1. The van der Waals surface area contributed by atoms with E-state index in [2.05, 4.69) is 48.7 Å². The van der Waals surface area contributed by atoms with Crippen molar-refractivity contribution in [3.63, 3.8) is 0 Å². The summed E-state index contributed by atoms with van der Waals surface area (Å²) in [5, 5.41) is 6.82. The SMILES string of the molecule is CCSc1ccc([C@H](C)NC(=O)CC2C[C@H]3CC[C@@H](C2)N3)cc1. The van der Waals surface area contributed by atoms with Gasteiger partial charge in [-0.15, -0.1) is 11.8 Å². The van der Waals surface area contributed by atoms with Crippen LogP contribution in [0.3, 0.4) is 0 Å². The van der Waals surface area contributed by atoms with Gasteiger partial charge in [0.2, 0.25) is 5.91 Å². The lowest BCUT2D eigenvalue weighted by Crippen LogP contribution is -2.40. The second-order valence-corrected chi connectivity index (χ2v) is 8.31. The molecule has 0 aliphatic carbocycles. The average Bonchev–Trinajstić information content (AvgIpc) is 2.87. The number of thioether (sulfide) groups is 1. The summed E-state index contributed by atoms with van der Waals surface area (Å²) < 4.78 is 0. The molecule has 4 heteroatoms. The lowest BCUT2D eigenvalue weighted by Gasteiger charge is -2.29. The van der Waals surface area contributed by atoms with E-state index in [9.17, 15) is 4.79 Å². The second kappa shape index (κ2) is 7.71. The Labute approximate surface area is 144 Å². The zero-order valence-electron chi connectivity index (χ0n) is 14.2. The van der Waals surface area contributed by atoms with Crippen LogP contribution in [-0.4, -0.2) is 23.7 Å². The van der Waals surface area contributed by atoms with Crippen molar-refractivity contribution in [1.82, 2.24) is 10.6 Å². The first kappa shape index (κ1) is 16.8. The fraction of sp³-hybridized carbons (Fsp3) is 0.632. The normalized spacial score (nSPS) is 27.7. The van der Waals surface area contributed by atoms with E-state index in [-0.39, 0.29) is 11.9 Å². The predicted molar refractivity (Wildman–Crippen MR) is 96.7 cm³/mol. The summed E-state index contributed by atoms with van der Waals surface area (Å²) in [6.45, 7) is 4.24. The Morgan fingerprint density at radius 3 is 2.52 bits per heavy atom. The Bertz CT molecular complexity index is 519. The van der Waals surface area contributed by atoms with Gasteiger partial charge in [-0.1, -0.05) is 19.1 Å². The lowest BCUT2D eigenvalue weighted by molar-refractivity contribution is -0.122. The summed E-state index contributed by atoms with van der Waals surface area (Å²) in [7, 11) is 0. The minimum Gasteiger partial charge on any atom is -0.350 e. The van der Waals surface area contributed by atoms with E-state index >= 15 is 0 Å². The number of carbonyl (C=O) groups is 1. The summed E-state index contributed by atoms with van der Waals surface area (Å²) in [6, 6.07) is 9.97. The topological polar surface area (TPSA) is 41.1 Å². The van der Waals surface area contributed by atoms with Gasteiger partial charge in [-0.2, -0.15) is 0 Å². The van der Waals surface area contributed by atoms with Crippen LogP contribution in [0.1, 0.15) is 57.6 Å². The minimum atomic E-state index is 0.0848. The van der Waals surface area contributed by atoms with Gasteiger partial charge in [-0.3, -0.25) is 4.79 Å².